The third kappa shape index (κ3) is 5.34. The van der Waals surface area contributed by atoms with Gasteiger partial charge in [-0.3, -0.25) is 0 Å². The molecular weight excluding hydrogens is 869 g/mol. The standard InChI is InChI=1S/C70H50N2/c1-7-41-25-35-63-65(49(41)8-2)57-31-21-43-16-10-13-19-51(43)67(57)71(63)47-27-33-55-53-29-23-45(37-59(53)69(3,4)61(55)39-47)46-24-30-54-56-34-28-48(40-62(56)70(5,6)60(54)38-46)72-64-36-26-42-15-9-12-18-50(42)66(64)58-32-22-44-17-11-14-20-52(44)68(58)72/h7-40H,1-2H2,3-6H3. The zero-order chi connectivity index (χ0) is 48.4. The lowest BCUT2D eigenvalue weighted by molar-refractivity contribution is 0.659. The van der Waals surface area contributed by atoms with E-state index in [1.807, 2.05) is 12.2 Å². The molecule has 0 saturated heterocycles. The van der Waals surface area contributed by atoms with E-state index in [0.717, 1.165) is 16.8 Å². The Labute approximate surface area is 419 Å². The first-order valence-corrected chi connectivity index (χ1v) is 25.3. The molecule has 72 heavy (non-hydrogen) atoms. The second-order valence-electron chi connectivity index (χ2n) is 21.3. The summed E-state index contributed by atoms with van der Waals surface area (Å²) in [6, 6.07) is 73.4. The van der Waals surface area contributed by atoms with Gasteiger partial charge in [-0.05, 0) is 137 Å². The molecule has 15 rings (SSSR count). The SMILES string of the molecule is C=Cc1ccc2c(c1C=C)c1ccc3ccccc3c1n2-c1ccc2c(c1)C(C)(C)c1cc(-c3ccc4c(c3)C(C)(C)c3cc(-n5c6ccc7ccccc7c6c6ccc7ccccc7c65)ccc3-4)ccc1-2. The zero-order valence-electron chi connectivity index (χ0n) is 40.9. The Bertz CT molecular complexity index is 4600. The first-order valence-electron chi connectivity index (χ1n) is 25.3. The van der Waals surface area contributed by atoms with Gasteiger partial charge in [0.2, 0.25) is 0 Å². The molecular formula is C70H50N2. The lowest BCUT2D eigenvalue weighted by Crippen LogP contribution is -2.16. The molecule has 0 spiro atoms. The molecule has 13 aromatic rings. The van der Waals surface area contributed by atoms with Gasteiger partial charge >= 0.3 is 0 Å². The van der Waals surface area contributed by atoms with Crippen molar-refractivity contribution in [3.05, 3.63) is 241 Å². The summed E-state index contributed by atoms with van der Waals surface area (Å²) in [6.45, 7) is 18.1. The van der Waals surface area contributed by atoms with Crippen LogP contribution in [0.25, 0.3) is 133 Å². The van der Waals surface area contributed by atoms with Crippen LogP contribution in [0.5, 0.6) is 0 Å². The summed E-state index contributed by atoms with van der Waals surface area (Å²) < 4.78 is 5.01. The van der Waals surface area contributed by atoms with Crippen LogP contribution in [-0.2, 0) is 10.8 Å². The van der Waals surface area contributed by atoms with Crippen molar-refractivity contribution in [1.29, 1.82) is 0 Å². The van der Waals surface area contributed by atoms with Crippen molar-refractivity contribution in [1.82, 2.24) is 9.13 Å². The molecule has 0 saturated carbocycles. The summed E-state index contributed by atoms with van der Waals surface area (Å²) in [4.78, 5) is 0. The van der Waals surface area contributed by atoms with Gasteiger partial charge in [0.1, 0.15) is 0 Å². The monoisotopic (exact) mass is 918 g/mol. The van der Waals surface area contributed by atoms with Crippen LogP contribution < -0.4 is 0 Å². The predicted molar refractivity (Wildman–Crippen MR) is 308 cm³/mol. The molecule has 11 aromatic carbocycles. The summed E-state index contributed by atoms with van der Waals surface area (Å²) in [5, 5.41) is 12.6. The Balaban J connectivity index is 0.829. The summed E-state index contributed by atoms with van der Waals surface area (Å²) in [6.07, 6.45) is 3.93. The third-order valence-electron chi connectivity index (χ3n) is 17.0. The Hall–Kier alpha value is -8.72. The molecule has 0 aliphatic heterocycles. The van der Waals surface area contributed by atoms with Gasteiger partial charge in [0.15, 0.2) is 0 Å². The van der Waals surface area contributed by atoms with E-state index in [1.54, 1.807) is 0 Å². The Morgan fingerprint density at radius 1 is 0.361 bits per heavy atom. The molecule has 2 heterocycles. The first-order chi connectivity index (χ1) is 35.1. The number of hydrogen-bond acceptors (Lipinski definition) is 0. The van der Waals surface area contributed by atoms with Gasteiger partial charge in [0.05, 0.1) is 22.1 Å². The van der Waals surface area contributed by atoms with Crippen LogP contribution in [0.15, 0.2) is 207 Å². The quantitative estimate of drug-likeness (QED) is 0.163. The summed E-state index contributed by atoms with van der Waals surface area (Å²) in [7, 11) is 0. The average Bonchev–Trinajstić information content (AvgIpc) is 4.09. The van der Waals surface area contributed by atoms with E-state index in [0.29, 0.717) is 0 Å². The third-order valence-corrected chi connectivity index (χ3v) is 17.0. The predicted octanol–water partition coefficient (Wildman–Crippen LogP) is 18.9. The van der Waals surface area contributed by atoms with Gasteiger partial charge in [-0.15, -0.1) is 0 Å². The van der Waals surface area contributed by atoms with Crippen molar-refractivity contribution in [2.75, 3.05) is 0 Å². The fourth-order valence-corrected chi connectivity index (χ4v) is 13.5. The van der Waals surface area contributed by atoms with Gasteiger partial charge in [0, 0.05) is 54.5 Å². The molecule has 2 aliphatic rings. The van der Waals surface area contributed by atoms with Crippen LogP contribution in [0.1, 0.15) is 61.1 Å². The second kappa shape index (κ2) is 14.4. The summed E-state index contributed by atoms with van der Waals surface area (Å²) >= 11 is 0. The van der Waals surface area contributed by atoms with Crippen LogP contribution in [0.4, 0.5) is 0 Å². The van der Waals surface area contributed by atoms with Crippen LogP contribution in [-0.4, -0.2) is 9.13 Å². The van der Waals surface area contributed by atoms with Gasteiger partial charge in [0.25, 0.3) is 0 Å². The van der Waals surface area contributed by atoms with E-state index in [-0.39, 0.29) is 10.8 Å². The highest BCUT2D eigenvalue weighted by Gasteiger charge is 2.38. The fourth-order valence-electron chi connectivity index (χ4n) is 13.5. The lowest BCUT2D eigenvalue weighted by atomic mass is 9.80. The number of aromatic nitrogens is 2. The van der Waals surface area contributed by atoms with Gasteiger partial charge in [-0.25, -0.2) is 0 Å². The Morgan fingerprint density at radius 2 is 0.778 bits per heavy atom. The molecule has 2 aliphatic carbocycles. The first kappa shape index (κ1) is 41.1. The molecule has 0 fully saturated rings. The number of fused-ring (bicyclic) bond motifs is 18. The zero-order valence-corrected chi connectivity index (χ0v) is 40.9. The molecule has 0 unspecified atom stereocenters. The van der Waals surface area contributed by atoms with E-state index < -0.39 is 0 Å². The van der Waals surface area contributed by atoms with Crippen LogP contribution in [0, 0.1) is 0 Å². The van der Waals surface area contributed by atoms with Crippen molar-refractivity contribution in [2.45, 2.75) is 38.5 Å². The summed E-state index contributed by atoms with van der Waals surface area (Å²) in [5.41, 5.74) is 22.2. The number of nitrogens with zero attached hydrogens (tertiary/aromatic N) is 2. The summed E-state index contributed by atoms with van der Waals surface area (Å²) in [5.74, 6) is 0. The Morgan fingerprint density at radius 3 is 1.29 bits per heavy atom. The van der Waals surface area contributed by atoms with E-state index in [4.69, 9.17) is 0 Å². The minimum absolute atomic E-state index is 0.218. The number of rotatable bonds is 5. The van der Waals surface area contributed by atoms with Crippen molar-refractivity contribution in [2.24, 2.45) is 0 Å². The molecule has 0 amide bonds. The number of benzene rings is 11. The van der Waals surface area contributed by atoms with Crippen molar-refractivity contribution >= 4 is 88.1 Å². The molecule has 0 bridgehead atoms. The highest BCUT2D eigenvalue weighted by molar-refractivity contribution is 6.26. The van der Waals surface area contributed by atoms with Gasteiger partial charge < -0.3 is 9.13 Å². The van der Waals surface area contributed by atoms with Crippen LogP contribution in [0.2, 0.25) is 0 Å². The van der Waals surface area contributed by atoms with E-state index in [2.05, 4.69) is 244 Å². The molecule has 2 heteroatoms. The fraction of sp³-hybridized carbons (Fsp3) is 0.0857. The highest BCUT2D eigenvalue weighted by Crippen LogP contribution is 2.54. The second-order valence-corrected chi connectivity index (χ2v) is 21.3. The van der Waals surface area contributed by atoms with E-state index >= 15 is 0 Å². The lowest BCUT2D eigenvalue weighted by Gasteiger charge is -2.24. The maximum absolute atomic E-state index is 4.28. The average molecular weight is 919 g/mol. The van der Waals surface area contributed by atoms with Gasteiger partial charge in [-0.1, -0.05) is 199 Å². The highest BCUT2D eigenvalue weighted by atomic mass is 15.0. The smallest absolute Gasteiger partial charge is 0.0619 e. The molecule has 0 atom stereocenters. The Kier molecular flexibility index (Phi) is 8.24. The van der Waals surface area contributed by atoms with E-state index in [9.17, 15) is 0 Å². The minimum atomic E-state index is -0.229. The molecule has 2 nitrogen and oxygen atoms in total. The van der Waals surface area contributed by atoms with E-state index in [1.165, 1.54) is 137 Å². The molecule has 2 aromatic heterocycles. The van der Waals surface area contributed by atoms with Crippen LogP contribution >= 0.6 is 0 Å². The largest absolute Gasteiger partial charge is 0.309 e. The maximum atomic E-state index is 4.28. The normalized spacial score (nSPS) is 14.2. The maximum Gasteiger partial charge on any atom is 0.0619 e. The van der Waals surface area contributed by atoms with Crippen LogP contribution in [0.3, 0.4) is 0 Å². The topological polar surface area (TPSA) is 9.86 Å². The van der Waals surface area contributed by atoms with Crippen molar-refractivity contribution < 1.29 is 0 Å². The molecule has 340 valence electrons. The van der Waals surface area contributed by atoms with Crippen molar-refractivity contribution in [3.8, 4) is 44.8 Å². The minimum Gasteiger partial charge on any atom is -0.309 e. The molecule has 0 radical (unpaired) electrons. The number of hydrogen-bond donors (Lipinski definition) is 0. The van der Waals surface area contributed by atoms with Gasteiger partial charge in [-0.2, -0.15) is 0 Å². The van der Waals surface area contributed by atoms with Crippen molar-refractivity contribution in [3.63, 3.8) is 0 Å². The molecule has 0 N–H and O–H groups in total.